The lowest BCUT2D eigenvalue weighted by Crippen LogP contribution is -2.58. The number of nitrogens with zero attached hydrogens (tertiary/aromatic N) is 3. The summed E-state index contributed by atoms with van der Waals surface area (Å²) in [4.78, 5) is 30.5. The maximum Gasteiger partial charge on any atom is 0.347 e. The van der Waals surface area contributed by atoms with E-state index in [-0.39, 0.29) is 6.03 Å². The van der Waals surface area contributed by atoms with Gasteiger partial charge < -0.3 is 10.2 Å². The van der Waals surface area contributed by atoms with E-state index in [9.17, 15) is 14.8 Å². The van der Waals surface area contributed by atoms with Crippen LogP contribution < -0.4 is 10.2 Å². The molecule has 0 spiro atoms. The van der Waals surface area contributed by atoms with Crippen LogP contribution >= 0.6 is 0 Å². The molecule has 1 atom stereocenters. The van der Waals surface area contributed by atoms with Crippen molar-refractivity contribution >= 4 is 45.0 Å². The predicted molar refractivity (Wildman–Crippen MR) is 143 cm³/mol. The number of nitrogens with one attached hydrogen (secondary N) is 1. The molecule has 36 heavy (non-hydrogen) atoms. The number of carbonyl (C=O) groups excluding carboxylic acids is 2. The van der Waals surface area contributed by atoms with Crippen LogP contribution in [0.25, 0.3) is 21.5 Å². The normalized spacial score (nSPS) is 17.1. The first-order chi connectivity index (χ1) is 17.3. The molecule has 0 aromatic heterocycles. The highest BCUT2D eigenvalue weighted by Gasteiger charge is 2.56. The van der Waals surface area contributed by atoms with Crippen LogP contribution in [0.3, 0.4) is 0 Å². The fourth-order valence-electron chi connectivity index (χ4n) is 5.22. The highest BCUT2D eigenvalue weighted by atomic mass is 16.5. The molecule has 1 fully saturated rings. The molecule has 7 heteroatoms. The minimum atomic E-state index is -0.961. The average Bonchev–Trinajstić information content (AvgIpc) is 3.08. The summed E-state index contributed by atoms with van der Waals surface area (Å²) in [5.41, 5.74) is 0.364. The number of amides is 4. The molecular formula is C29H30N4O3. The molecule has 5 rings (SSSR count). The summed E-state index contributed by atoms with van der Waals surface area (Å²) in [7, 11) is 0. The van der Waals surface area contributed by atoms with Crippen LogP contribution in [-0.4, -0.2) is 45.5 Å². The Morgan fingerprint density at radius 3 is 2.19 bits per heavy atom. The monoisotopic (exact) mass is 482 g/mol. The summed E-state index contributed by atoms with van der Waals surface area (Å²) in [6.45, 7) is 6.26. The van der Waals surface area contributed by atoms with E-state index in [0.29, 0.717) is 23.0 Å². The van der Waals surface area contributed by atoms with Crippen LogP contribution in [-0.2, 0) is 0 Å². The molecule has 0 unspecified atom stereocenters. The van der Waals surface area contributed by atoms with Gasteiger partial charge in [0.25, 0.3) is 0 Å². The van der Waals surface area contributed by atoms with Crippen molar-refractivity contribution in [2.45, 2.75) is 38.9 Å². The zero-order valence-electron chi connectivity index (χ0n) is 20.7. The van der Waals surface area contributed by atoms with Gasteiger partial charge in [-0.05, 0) is 43.2 Å². The summed E-state index contributed by atoms with van der Waals surface area (Å²) < 4.78 is 0. The third kappa shape index (κ3) is 3.82. The Hall–Kier alpha value is -4.10. The van der Waals surface area contributed by atoms with Crippen molar-refractivity contribution in [3.8, 4) is 0 Å². The lowest BCUT2D eigenvalue weighted by molar-refractivity contribution is -0.0947. The highest BCUT2D eigenvalue weighted by Crippen LogP contribution is 2.40. The van der Waals surface area contributed by atoms with Crippen LogP contribution in [0.1, 0.15) is 27.2 Å². The minimum Gasteiger partial charge on any atom is -0.315 e. The van der Waals surface area contributed by atoms with Gasteiger partial charge in [-0.25, -0.2) is 9.59 Å². The second kappa shape index (κ2) is 9.17. The number of anilines is 2. The van der Waals surface area contributed by atoms with E-state index in [1.165, 1.54) is 0 Å². The van der Waals surface area contributed by atoms with Gasteiger partial charge in [-0.1, -0.05) is 79.7 Å². The second-order valence-electron chi connectivity index (χ2n) is 9.63. The van der Waals surface area contributed by atoms with Crippen molar-refractivity contribution in [2.75, 3.05) is 16.8 Å². The van der Waals surface area contributed by atoms with Crippen molar-refractivity contribution in [2.24, 2.45) is 0 Å². The fraction of sp³-hybridized carbons (Fsp3) is 0.241. The third-order valence-electron chi connectivity index (χ3n) is 6.95. The molecule has 1 heterocycles. The van der Waals surface area contributed by atoms with Gasteiger partial charge >= 0.3 is 12.1 Å². The number of hydrogen-bond donors (Lipinski definition) is 2. The lowest BCUT2D eigenvalue weighted by Gasteiger charge is -2.38. The van der Waals surface area contributed by atoms with Crippen molar-refractivity contribution in [1.82, 2.24) is 9.96 Å². The molecule has 1 aliphatic heterocycles. The molecule has 184 valence electrons. The largest absolute Gasteiger partial charge is 0.347 e. The molecule has 0 radical (unpaired) electrons. The van der Waals surface area contributed by atoms with E-state index in [4.69, 9.17) is 0 Å². The highest BCUT2D eigenvalue weighted by molar-refractivity contribution is 6.06. The van der Waals surface area contributed by atoms with Crippen LogP contribution in [0.5, 0.6) is 0 Å². The van der Waals surface area contributed by atoms with Gasteiger partial charge in [-0.2, -0.15) is 5.06 Å². The van der Waals surface area contributed by atoms with E-state index < -0.39 is 17.7 Å². The summed E-state index contributed by atoms with van der Waals surface area (Å²) >= 11 is 0. The quantitative estimate of drug-likeness (QED) is 0.246. The lowest BCUT2D eigenvalue weighted by atomic mass is 9.99. The Morgan fingerprint density at radius 1 is 0.917 bits per heavy atom. The summed E-state index contributed by atoms with van der Waals surface area (Å²) in [6.07, 6.45) is -0.212. The van der Waals surface area contributed by atoms with E-state index in [0.717, 1.165) is 28.0 Å². The number of hydroxylamine groups is 2. The molecule has 7 nitrogen and oxygen atoms in total. The summed E-state index contributed by atoms with van der Waals surface area (Å²) in [5.74, 6) is 0. The van der Waals surface area contributed by atoms with E-state index in [1.807, 2.05) is 99.6 Å². The maximum absolute atomic E-state index is 13.8. The zero-order chi connectivity index (χ0) is 25.4. The molecule has 4 aromatic rings. The van der Waals surface area contributed by atoms with Crippen molar-refractivity contribution in [1.29, 1.82) is 0 Å². The van der Waals surface area contributed by atoms with Gasteiger partial charge in [0.05, 0.1) is 16.9 Å². The molecular weight excluding hydrogens is 452 g/mol. The number of rotatable bonds is 5. The van der Waals surface area contributed by atoms with E-state index in [1.54, 1.807) is 15.9 Å². The number of benzene rings is 4. The SMILES string of the molecule is CCCN1C(=O)N(c2cccc3ccccc23)[C@H](N(O)C(=O)Nc2cccc3ccccc23)C1(C)C. The zero-order valence-corrected chi connectivity index (χ0v) is 20.7. The first kappa shape index (κ1) is 23.6. The average molecular weight is 483 g/mol. The Bertz CT molecular complexity index is 1440. The Morgan fingerprint density at radius 2 is 1.50 bits per heavy atom. The molecule has 4 amide bonds. The van der Waals surface area contributed by atoms with Crippen LogP contribution in [0.15, 0.2) is 84.9 Å². The molecule has 2 N–H and O–H groups in total. The molecule has 4 aromatic carbocycles. The number of carbonyl (C=O) groups is 2. The Balaban J connectivity index is 1.57. The van der Waals surface area contributed by atoms with Crippen molar-refractivity contribution in [3.05, 3.63) is 84.9 Å². The predicted octanol–water partition coefficient (Wildman–Crippen LogP) is 6.67. The number of hydrogen-bond acceptors (Lipinski definition) is 3. The molecule has 1 aliphatic rings. The van der Waals surface area contributed by atoms with Gasteiger partial charge in [0, 0.05) is 17.3 Å². The Kier molecular flexibility index (Phi) is 6.02. The van der Waals surface area contributed by atoms with Crippen molar-refractivity contribution < 1.29 is 14.8 Å². The third-order valence-corrected chi connectivity index (χ3v) is 6.95. The van der Waals surface area contributed by atoms with Crippen LogP contribution in [0.2, 0.25) is 0 Å². The Labute approximate surface area is 210 Å². The van der Waals surface area contributed by atoms with Gasteiger partial charge in [0.15, 0.2) is 6.17 Å². The van der Waals surface area contributed by atoms with Crippen LogP contribution in [0.4, 0.5) is 21.0 Å². The topological polar surface area (TPSA) is 76.1 Å². The first-order valence-electron chi connectivity index (χ1n) is 12.2. The van der Waals surface area contributed by atoms with Crippen LogP contribution in [0, 0.1) is 0 Å². The standard InChI is InChI=1S/C29H30N4O3/c1-4-19-31-28(35)32(25-18-10-14-21-12-6-8-16-23(21)25)26(29(31,2)3)33(36)27(34)30-24-17-9-13-20-11-5-7-15-22(20)24/h5-18,26,36H,4,19H2,1-3H3,(H,30,34)/t26-/m1/s1. The molecule has 1 saturated heterocycles. The second-order valence-corrected chi connectivity index (χ2v) is 9.63. The smallest absolute Gasteiger partial charge is 0.315 e. The van der Waals surface area contributed by atoms with Gasteiger partial charge in [0.1, 0.15) is 0 Å². The van der Waals surface area contributed by atoms with Gasteiger partial charge in [-0.3, -0.25) is 10.1 Å². The molecule has 0 aliphatic carbocycles. The van der Waals surface area contributed by atoms with Crippen molar-refractivity contribution in [3.63, 3.8) is 0 Å². The maximum atomic E-state index is 13.8. The molecule has 0 saturated carbocycles. The molecule has 0 bridgehead atoms. The van der Waals surface area contributed by atoms with Gasteiger partial charge in [0.2, 0.25) is 0 Å². The summed E-state index contributed by atoms with van der Waals surface area (Å²) in [6, 6.07) is 25.9. The first-order valence-corrected chi connectivity index (χ1v) is 12.2. The summed E-state index contributed by atoms with van der Waals surface area (Å²) in [5, 5.41) is 18.6. The number of urea groups is 2. The van der Waals surface area contributed by atoms with E-state index >= 15 is 0 Å². The number of fused-ring (bicyclic) bond motifs is 2. The van der Waals surface area contributed by atoms with E-state index in [2.05, 4.69) is 5.32 Å². The minimum absolute atomic E-state index is 0.250. The van der Waals surface area contributed by atoms with Gasteiger partial charge in [-0.15, -0.1) is 0 Å². The fourth-order valence-corrected chi connectivity index (χ4v) is 5.22.